The molecule has 1 radical (unpaired) electrons. The molecule has 1 aliphatic rings. The van der Waals surface area contributed by atoms with Gasteiger partial charge in [-0.2, -0.15) is 0 Å². The number of rotatable bonds is 0. The van der Waals surface area contributed by atoms with Gasteiger partial charge in [0, 0.05) is 26.2 Å². The lowest BCUT2D eigenvalue weighted by Crippen LogP contribution is -2.34. The summed E-state index contributed by atoms with van der Waals surface area (Å²) in [4.78, 5) is 0. The van der Waals surface area contributed by atoms with Crippen LogP contribution in [0.15, 0.2) is 0 Å². The molecular weight excluding hydrogens is 112 g/mol. The predicted molar refractivity (Wildman–Crippen MR) is 29.3 cm³/mol. The molecule has 0 bridgehead atoms. The van der Waals surface area contributed by atoms with Crippen LogP contribution in [0.2, 0.25) is 0 Å². The van der Waals surface area contributed by atoms with E-state index in [0.29, 0.717) is 0 Å². The number of nitrogens with zero attached hydrogens (tertiary/aromatic N) is 2. The van der Waals surface area contributed by atoms with Crippen molar-refractivity contribution < 1.29 is 0 Å². The van der Waals surface area contributed by atoms with Crippen molar-refractivity contribution in [3.05, 3.63) is 0 Å². The minimum Gasteiger partial charge on any atom is -0.239 e. The van der Waals surface area contributed by atoms with E-state index >= 15 is 0 Å². The minimum absolute atomic E-state index is 0.906. The molecule has 0 amide bonds. The molecule has 0 aromatic carbocycles. The van der Waals surface area contributed by atoms with Gasteiger partial charge in [0.05, 0.1) is 0 Å². The first-order valence-electron chi connectivity index (χ1n) is 2.43. The third kappa shape index (κ3) is 1.63. The lowest BCUT2D eigenvalue weighted by atomic mass is 10.4. The first-order valence-corrected chi connectivity index (χ1v) is 2.77. The monoisotopic (exact) mass is 119 g/mol. The molecule has 1 saturated heterocycles. The molecule has 41 valence electrons. The van der Waals surface area contributed by atoms with E-state index in [-0.39, 0.29) is 0 Å². The number of piperazine rings is 1. The van der Waals surface area contributed by atoms with Crippen LogP contribution in [0, 0.1) is 0 Å². The summed E-state index contributed by atoms with van der Waals surface area (Å²) in [5, 5.41) is 4.10. The van der Waals surface area contributed by atoms with Gasteiger partial charge in [-0.3, -0.25) is 0 Å². The lowest BCUT2D eigenvalue weighted by Gasteiger charge is -2.17. The number of hydrogen-bond acceptors (Lipinski definition) is 1. The van der Waals surface area contributed by atoms with Crippen LogP contribution in [0.4, 0.5) is 0 Å². The van der Waals surface area contributed by atoms with E-state index in [1.165, 1.54) is 0 Å². The molecular formula is C4H8ClN2. The Bertz CT molecular complexity index is 51.7. The quantitative estimate of drug-likeness (QED) is 0.413. The smallest absolute Gasteiger partial charge is 0.0281 e. The first kappa shape index (κ1) is 5.35. The van der Waals surface area contributed by atoms with Crippen LogP contribution in [-0.4, -0.2) is 30.6 Å². The first-order chi connectivity index (χ1) is 3.39. The fourth-order valence-corrected chi connectivity index (χ4v) is 0.733. The molecule has 0 aliphatic carbocycles. The molecule has 1 fully saturated rings. The highest BCUT2D eigenvalue weighted by Gasteiger charge is 2.04. The topological polar surface area (TPSA) is 17.3 Å². The van der Waals surface area contributed by atoms with Gasteiger partial charge in [-0.25, -0.2) is 9.74 Å². The maximum atomic E-state index is 5.59. The van der Waals surface area contributed by atoms with E-state index < -0.39 is 0 Å². The Morgan fingerprint density at radius 1 is 1.29 bits per heavy atom. The van der Waals surface area contributed by atoms with Crippen LogP contribution in [0.1, 0.15) is 0 Å². The Kier molecular flexibility index (Phi) is 1.91. The van der Waals surface area contributed by atoms with Crippen molar-refractivity contribution in [1.29, 1.82) is 0 Å². The SMILES string of the molecule is ClN1CC[N]CC1. The van der Waals surface area contributed by atoms with Gasteiger partial charge < -0.3 is 0 Å². The van der Waals surface area contributed by atoms with Gasteiger partial charge in [0.25, 0.3) is 0 Å². The Morgan fingerprint density at radius 2 is 1.86 bits per heavy atom. The van der Waals surface area contributed by atoms with E-state index in [1.807, 2.05) is 0 Å². The molecule has 0 aromatic heterocycles. The Labute approximate surface area is 48.6 Å². The maximum Gasteiger partial charge on any atom is 0.0281 e. The van der Waals surface area contributed by atoms with Crippen LogP contribution in [0.3, 0.4) is 0 Å². The molecule has 1 aliphatic heterocycles. The average molecular weight is 120 g/mol. The lowest BCUT2D eigenvalue weighted by molar-refractivity contribution is 0.379. The van der Waals surface area contributed by atoms with Crippen molar-refractivity contribution in [2.75, 3.05) is 26.2 Å². The summed E-state index contributed by atoms with van der Waals surface area (Å²) < 4.78 is 1.77. The van der Waals surface area contributed by atoms with Crippen molar-refractivity contribution in [2.45, 2.75) is 0 Å². The molecule has 0 saturated carbocycles. The van der Waals surface area contributed by atoms with Gasteiger partial charge in [-0.05, 0) is 11.8 Å². The van der Waals surface area contributed by atoms with Gasteiger partial charge in [-0.15, -0.1) is 0 Å². The zero-order valence-electron chi connectivity index (χ0n) is 4.10. The van der Waals surface area contributed by atoms with E-state index in [0.717, 1.165) is 26.2 Å². The van der Waals surface area contributed by atoms with Crippen LogP contribution >= 0.6 is 11.8 Å². The standard InChI is InChI=1S/C4H8ClN2/c5-7-3-1-6-2-4-7/h1-4H2. The zero-order chi connectivity index (χ0) is 5.11. The number of hydrogen-bond donors (Lipinski definition) is 0. The van der Waals surface area contributed by atoms with Crippen LogP contribution < -0.4 is 5.32 Å². The summed E-state index contributed by atoms with van der Waals surface area (Å²) in [5.41, 5.74) is 0. The van der Waals surface area contributed by atoms with E-state index in [4.69, 9.17) is 11.8 Å². The fourth-order valence-electron chi connectivity index (χ4n) is 0.582. The maximum absolute atomic E-state index is 5.59. The van der Waals surface area contributed by atoms with Gasteiger partial charge >= 0.3 is 0 Å². The molecule has 0 N–H and O–H groups in total. The summed E-state index contributed by atoms with van der Waals surface area (Å²) in [5.74, 6) is 0. The van der Waals surface area contributed by atoms with Gasteiger partial charge in [0.1, 0.15) is 0 Å². The molecule has 2 nitrogen and oxygen atoms in total. The molecule has 3 heteroatoms. The summed E-state index contributed by atoms with van der Waals surface area (Å²) in [7, 11) is 0. The Hall–Kier alpha value is 0.210. The summed E-state index contributed by atoms with van der Waals surface area (Å²) in [6, 6.07) is 0. The second-order valence-corrected chi connectivity index (χ2v) is 2.06. The second kappa shape index (κ2) is 2.50. The van der Waals surface area contributed by atoms with E-state index in [2.05, 4.69) is 5.32 Å². The molecule has 0 spiro atoms. The molecule has 7 heavy (non-hydrogen) atoms. The summed E-state index contributed by atoms with van der Waals surface area (Å²) in [6.45, 7) is 3.65. The van der Waals surface area contributed by atoms with E-state index in [1.54, 1.807) is 4.42 Å². The third-order valence-corrected chi connectivity index (χ3v) is 1.34. The van der Waals surface area contributed by atoms with Crippen molar-refractivity contribution in [2.24, 2.45) is 0 Å². The largest absolute Gasteiger partial charge is 0.239 e. The van der Waals surface area contributed by atoms with Crippen molar-refractivity contribution in [3.63, 3.8) is 0 Å². The van der Waals surface area contributed by atoms with Gasteiger partial charge in [0.2, 0.25) is 0 Å². The Morgan fingerprint density at radius 3 is 2.14 bits per heavy atom. The second-order valence-electron chi connectivity index (χ2n) is 1.58. The molecule has 0 atom stereocenters. The Balaban J connectivity index is 2.12. The van der Waals surface area contributed by atoms with Crippen LogP contribution in [0.25, 0.3) is 0 Å². The van der Waals surface area contributed by atoms with Crippen LogP contribution in [0.5, 0.6) is 0 Å². The highest BCUT2D eigenvalue weighted by Crippen LogP contribution is 1.94. The van der Waals surface area contributed by atoms with Crippen molar-refractivity contribution in [1.82, 2.24) is 9.74 Å². The predicted octanol–water partition coefficient (Wildman–Crippen LogP) is 0.0602. The van der Waals surface area contributed by atoms with Gasteiger partial charge in [0.15, 0.2) is 0 Å². The fraction of sp³-hybridized carbons (Fsp3) is 1.00. The minimum atomic E-state index is 0.906. The highest BCUT2D eigenvalue weighted by atomic mass is 35.5. The molecule has 1 heterocycles. The average Bonchev–Trinajstić information content (AvgIpc) is 1.69. The zero-order valence-corrected chi connectivity index (χ0v) is 4.86. The van der Waals surface area contributed by atoms with Gasteiger partial charge in [-0.1, -0.05) is 0 Å². The molecule has 0 unspecified atom stereocenters. The molecule has 0 aromatic rings. The number of halogens is 1. The van der Waals surface area contributed by atoms with E-state index in [9.17, 15) is 0 Å². The highest BCUT2D eigenvalue weighted by molar-refractivity contribution is 6.13. The van der Waals surface area contributed by atoms with Crippen LogP contribution in [-0.2, 0) is 0 Å². The third-order valence-electron chi connectivity index (χ3n) is 1.00. The normalized spacial score (nSPS) is 25.3. The van der Waals surface area contributed by atoms with Crippen molar-refractivity contribution in [3.8, 4) is 0 Å². The summed E-state index contributed by atoms with van der Waals surface area (Å²) >= 11 is 5.59. The molecule has 1 rings (SSSR count). The summed E-state index contributed by atoms with van der Waals surface area (Å²) in [6.07, 6.45) is 0. The van der Waals surface area contributed by atoms with Crippen molar-refractivity contribution >= 4 is 11.8 Å².